The molecule has 0 heterocycles. The Morgan fingerprint density at radius 2 is 1.69 bits per heavy atom. The molecule has 26 heavy (non-hydrogen) atoms. The normalized spacial score (nSPS) is 11.5. The third-order valence-electron chi connectivity index (χ3n) is 4.07. The standard InChI is InChI=1S/C19H23N3O3.ClH/c1-14(2)21(13-15-8-10-17(11-9-15)22(24)25)19(23)12-18(20)16-6-4-3-5-7-16;/h3-11,14,18H,12-13,20H2,1-2H3;1H. The van der Waals surface area contributed by atoms with Gasteiger partial charge >= 0.3 is 0 Å². The Morgan fingerprint density at radius 1 is 1.12 bits per heavy atom. The monoisotopic (exact) mass is 377 g/mol. The van der Waals surface area contributed by atoms with Crippen LogP contribution in [0.3, 0.4) is 0 Å². The molecule has 0 fully saturated rings. The first-order valence-electron chi connectivity index (χ1n) is 8.22. The molecule has 2 aromatic carbocycles. The van der Waals surface area contributed by atoms with Gasteiger partial charge in [-0.3, -0.25) is 14.9 Å². The van der Waals surface area contributed by atoms with Crippen LogP contribution in [0.2, 0.25) is 0 Å². The van der Waals surface area contributed by atoms with Gasteiger partial charge in [-0.25, -0.2) is 0 Å². The van der Waals surface area contributed by atoms with Crippen molar-refractivity contribution in [3.63, 3.8) is 0 Å². The Balaban J connectivity index is 0.00000338. The van der Waals surface area contributed by atoms with Crippen LogP contribution in [0.25, 0.3) is 0 Å². The molecule has 0 spiro atoms. The zero-order valence-corrected chi connectivity index (χ0v) is 15.7. The van der Waals surface area contributed by atoms with E-state index in [1.165, 1.54) is 12.1 Å². The van der Waals surface area contributed by atoms with Gasteiger partial charge in [0, 0.05) is 37.2 Å². The number of benzene rings is 2. The van der Waals surface area contributed by atoms with E-state index in [2.05, 4.69) is 0 Å². The van der Waals surface area contributed by atoms with Crippen LogP contribution in [0.5, 0.6) is 0 Å². The summed E-state index contributed by atoms with van der Waals surface area (Å²) in [5.41, 5.74) is 7.97. The Bertz CT molecular complexity index is 721. The molecule has 6 nitrogen and oxygen atoms in total. The van der Waals surface area contributed by atoms with Crippen molar-refractivity contribution in [3.8, 4) is 0 Å². The maximum absolute atomic E-state index is 12.7. The number of amides is 1. The lowest BCUT2D eigenvalue weighted by atomic mass is 10.0. The summed E-state index contributed by atoms with van der Waals surface area (Å²) < 4.78 is 0. The minimum absolute atomic E-state index is 0. The molecule has 140 valence electrons. The van der Waals surface area contributed by atoms with Crippen molar-refractivity contribution < 1.29 is 9.72 Å². The van der Waals surface area contributed by atoms with Crippen LogP contribution in [0.4, 0.5) is 5.69 Å². The van der Waals surface area contributed by atoms with Gasteiger partial charge in [-0.15, -0.1) is 12.4 Å². The summed E-state index contributed by atoms with van der Waals surface area (Å²) in [6.45, 7) is 4.28. The van der Waals surface area contributed by atoms with Crippen LogP contribution in [-0.4, -0.2) is 21.8 Å². The van der Waals surface area contributed by atoms with Gasteiger partial charge in [0.05, 0.1) is 4.92 Å². The largest absolute Gasteiger partial charge is 0.336 e. The molecule has 2 aromatic rings. The van der Waals surface area contributed by atoms with Crippen molar-refractivity contribution in [1.82, 2.24) is 4.90 Å². The van der Waals surface area contributed by atoms with Crippen LogP contribution >= 0.6 is 12.4 Å². The Morgan fingerprint density at radius 3 is 2.19 bits per heavy atom. The predicted molar refractivity (Wildman–Crippen MR) is 104 cm³/mol. The van der Waals surface area contributed by atoms with Crippen LogP contribution in [-0.2, 0) is 11.3 Å². The topological polar surface area (TPSA) is 89.5 Å². The van der Waals surface area contributed by atoms with E-state index in [1.807, 2.05) is 44.2 Å². The van der Waals surface area contributed by atoms with Gasteiger partial charge in [0.1, 0.15) is 0 Å². The van der Waals surface area contributed by atoms with Gasteiger partial charge in [0.2, 0.25) is 5.91 Å². The molecular formula is C19H24ClN3O3. The average Bonchev–Trinajstić information content (AvgIpc) is 2.60. The molecule has 1 atom stereocenters. The lowest BCUT2D eigenvalue weighted by Crippen LogP contribution is -2.38. The maximum Gasteiger partial charge on any atom is 0.269 e. The number of nitro groups is 1. The first-order chi connectivity index (χ1) is 11.9. The highest BCUT2D eigenvalue weighted by Crippen LogP contribution is 2.19. The van der Waals surface area contributed by atoms with Crippen molar-refractivity contribution in [2.75, 3.05) is 0 Å². The van der Waals surface area contributed by atoms with Crippen LogP contribution in [0.1, 0.15) is 37.4 Å². The number of carbonyl (C=O) groups excluding carboxylic acids is 1. The zero-order valence-electron chi connectivity index (χ0n) is 14.9. The number of nitrogens with zero attached hydrogens (tertiary/aromatic N) is 2. The van der Waals surface area contributed by atoms with Gasteiger partial charge in [-0.05, 0) is 25.0 Å². The molecule has 0 aliphatic rings. The summed E-state index contributed by atoms with van der Waals surface area (Å²) in [7, 11) is 0. The fraction of sp³-hybridized carbons (Fsp3) is 0.316. The average molecular weight is 378 g/mol. The molecule has 7 heteroatoms. The Hall–Kier alpha value is -2.44. The number of hydrogen-bond donors (Lipinski definition) is 1. The fourth-order valence-corrected chi connectivity index (χ4v) is 2.60. The van der Waals surface area contributed by atoms with E-state index in [-0.39, 0.29) is 42.5 Å². The number of hydrogen-bond acceptors (Lipinski definition) is 4. The minimum Gasteiger partial charge on any atom is -0.336 e. The van der Waals surface area contributed by atoms with E-state index >= 15 is 0 Å². The third kappa shape index (κ3) is 5.82. The minimum atomic E-state index is -0.436. The van der Waals surface area contributed by atoms with E-state index in [0.29, 0.717) is 6.54 Å². The van der Waals surface area contributed by atoms with Crippen molar-refractivity contribution in [3.05, 3.63) is 75.8 Å². The molecule has 0 saturated carbocycles. The highest BCUT2D eigenvalue weighted by Gasteiger charge is 2.21. The van der Waals surface area contributed by atoms with E-state index in [4.69, 9.17) is 5.73 Å². The van der Waals surface area contributed by atoms with Gasteiger partial charge in [0.25, 0.3) is 5.69 Å². The molecule has 0 aromatic heterocycles. The van der Waals surface area contributed by atoms with Gasteiger partial charge < -0.3 is 10.6 Å². The first kappa shape index (κ1) is 21.6. The molecule has 0 aliphatic heterocycles. The highest BCUT2D eigenvalue weighted by atomic mass is 35.5. The molecule has 0 saturated heterocycles. The van der Waals surface area contributed by atoms with Crippen molar-refractivity contribution in [2.45, 2.75) is 38.9 Å². The molecule has 0 aliphatic carbocycles. The second kappa shape index (κ2) is 9.89. The summed E-state index contributed by atoms with van der Waals surface area (Å²) in [5.74, 6) is -0.0373. The van der Waals surface area contributed by atoms with Crippen LogP contribution < -0.4 is 5.73 Å². The predicted octanol–water partition coefficient (Wildman–Crippen LogP) is 3.84. The molecule has 1 amide bonds. The highest BCUT2D eigenvalue weighted by molar-refractivity contribution is 5.85. The second-order valence-corrected chi connectivity index (χ2v) is 6.26. The second-order valence-electron chi connectivity index (χ2n) is 6.26. The molecule has 2 N–H and O–H groups in total. The van der Waals surface area contributed by atoms with Crippen LogP contribution in [0.15, 0.2) is 54.6 Å². The van der Waals surface area contributed by atoms with E-state index in [1.54, 1.807) is 17.0 Å². The smallest absolute Gasteiger partial charge is 0.269 e. The SMILES string of the molecule is CC(C)N(Cc1ccc([N+](=O)[O-])cc1)C(=O)CC(N)c1ccccc1.Cl. The lowest BCUT2D eigenvalue weighted by molar-refractivity contribution is -0.384. The van der Waals surface area contributed by atoms with Crippen LogP contribution in [0, 0.1) is 10.1 Å². The number of halogens is 1. The van der Waals surface area contributed by atoms with E-state index < -0.39 is 4.92 Å². The summed E-state index contributed by atoms with van der Waals surface area (Å²) in [6.07, 6.45) is 0.217. The molecule has 0 radical (unpaired) electrons. The fourth-order valence-electron chi connectivity index (χ4n) is 2.60. The van der Waals surface area contributed by atoms with Gasteiger partial charge in [-0.2, -0.15) is 0 Å². The first-order valence-corrected chi connectivity index (χ1v) is 8.22. The number of non-ortho nitro benzene ring substituents is 1. The Labute approximate surface area is 159 Å². The molecule has 0 bridgehead atoms. The van der Waals surface area contributed by atoms with E-state index in [0.717, 1.165) is 11.1 Å². The summed E-state index contributed by atoms with van der Waals surface area (Å²) >= 11 is 0. The summed E-state index contributed by atoms with van der Waals surface area (Å²) in [4.78, 5) is 24.7. The molecular weight excluding hydrogens is 354 g/mol. The summed E-state index contributed by atoms with van der Waals surface area (Å²) in [6, 6.07) is 15.4. The molecule has 2 rings (SSSR count). The number of nitrogens with two attached hydrogens (primary N) is 1. The zero-order chi connectivity index (χ0) is 18.4. The Kier molecular flexibility index (Phi) is 8.22. The van der Waals surface area contributed by atoms with Crippen molar-refractivity contribution in [1.29, 1.82) is 0 Å². The number of nitro benzene ring substituents is 1. The van der Waals surface area contributed by atoms with Gasteiger partial charge in [-0.1, -0.05) is 42.5 Å². The van der Waals surface area contributed by atoms with Gasteiger partial charge in [0.15, 0.2) is 0 Å². The molecule has 1 unspecified atom stereocenters. The quantitative estimate of drug-likeness (QED) is 0.586. The summed E-state index contributed by atoms with van der Waals surface area (Å²) in [5, 5.41) is 10.7. The van der Waals surface area contributed by atoms with Crippen molar-refractivity contribution in [2.24, 2.45) is 5.73 Å². The maximum atomic E-state index is 12.7. The number of rotatable bonds is 7. The third-order valence-corrected chi connectivity index (χ3v) is 4.07. The number of carbonyl (C=O) groups is 1. The lowest BCUT2D eigenvalue weighted by Gasteiger charge is -2.28. The van der Waals surface area contributed by atoms with E-state index in [9.17, 15) is 14.9 Å². The van der Waals surface area contributed by atoms with Crippen molar-refractivity contribution >= 4 is 24.0 Å².